The topological polar surface area (TPSA) is 55.8 Å². The monoisotopic (exact) mass is 437 g/mol. The summed E-state index contributed by atoms with van der Waals surface area (Å²) in [5.41, 5.74) is 1.11. The van der Waals surface area contributed by atoms with Crippen molar-refractivity contribution in [3.8, 4) is 11.5 Å². The summed E-state index contributed by atoms with van der Waals surface area (Å²) >= 11 is 13.1. The average molecular weight is 438 g/mol. The smallest absolute Gasteiger partial charge is 0.298 e. The van der Waals surface area contributed by atoms with E-state index in [0.717, 1.165) is 16.7 Å². The summed E-state index contributed by atoms with van der Waals surface area (Å²) in [7, 11) is 0. The van der Waals surface area contributed by atoms with Crippen molar-refractivity contribution >= 4 is 57.9 Å². The van der Waals surface area contributed by atoms with Crippen LogP contribution in [0.4, 0.5) is 10.5 Å². The molecule has 2 aromatic rings. The van der Waals surface area contributed by atoms with Gasteiger partial charge in [-0.15, -0.1) is 0 Å². The van der Waals surface area contributed by atoms with E-state index in [1.54, 1.807) is 42.5 Å². The number of anilines is 1. The summed E-state index contributed by atoms with van der Waals surface area (Å²) in [5, 5.41) is 0.523. The molecular formula is C20H17Cl2NO4S. The Morgan fingerprint density at radius 1 is 1.04 bits per heavy atom. The molecule has 0 spiro atoms. The van der Waals surface area contributed by atoms with Gasteiger partial charge in [0.1, 0.15) is 0 Å². The third-order valence-electron chi connectivity index (χ3n) is 3.80. The van der Waals surface area contributed by atoms with Crippen LogP contribution >= 0.6 is 35.0 Å². The van der Waals surface area contributed by atoms with Crippen molar-refractivity contribution in [3.05, 3.63) is 56.9 Å². The SMILES string of the molecule is CCOc1cc(/C=C2/SC(=O)N(c3ccc(Cl)cc3)C2=O)cc(Cl)c1OCC. The summed E-state index contributed by atoms with van der Waals surface area (Å²) in [6.45, 7) is 4.59. The summed E-state index contributed by atoms with van der Waals surface area (Å²) in [6, 6.07) is 9.92. The van der Waals surface area contributed by atoms with E-state index in [9.17, 15) is 9.59 Å². The first kappa shape index (κ1) is 20.6. The molecule has 1 aliphatic rings. The van der Waals surface area contributed by atoms with Gasteiger partial charge in [-0.2, -0.15) is 0 Å². The average Bonchev–Trinajstić information content (AvgIpc) is 2.93. The van der Waals surface area contributed by atoms with E-state index < -0.39 is 5.91 Å². The largest absolute Gasteiger partial charge is 0.490 e. The zero-order valence-electron chi connectivity index (χ0n) is 15.2. The second-order valence-corrected chi connectivity index (χ2v) is 7.53. The van der Waals surface area contributed by atoms with Crippen molar-refractivity contribution in [2.24, 2.45) is 0 Å². The van der Waals surface area contributed by atoms with E-state index in [-0.39, 0.29) is 5.24 Å². The van der Waals surface area contributed by atoms with E-state index in [0.29, 0.717) is 50.9 Å². The van der Waals surface area contributed by atoms with Crippen molar-refractivity contribution in [1.82, 2.24) is 0 Å². The highest BCUT2D eigenvalue weighted by atomic mass is 35.5. The van der Waals surface area contributed by atoms with Gasteiger partial charge in [-0.25, -0.2) is 4.90 Å². The minimum atomic E-state index is -0.403. The molecule has 2 amide bonds. The van der Waals surface area contributed by atoms with Gasteiger partial charge >= 0.3 is 0 Å². The molecule has 0 unspecified atom stereocenters. The van der Waals surface area contributed by atoms with Crippen LogP contribution in [-0.4, -0.2) is 24.4 Å². The minimum absolute atomic E-state index is 0.294. The lowest BCUT2D eigenvalue weighted by Crippen LogP contribution is -2.27. The van der Waals surface area contributed by atoms with Gasteiger partial charge in [0.2, 0.25) is 0 Å². The molecule has 146 valence electrons. The molecule has 1 aliphatic heterocycles. The zero-order chi connectivity index (χ0) is 20.3. The molecular weight excluding hydrogens is 421 g/mol. The molecule has 1 fully saturated rings. The van der Waals surface area contributed by atoms with Crippen LogP contribution in [0.5, 0.6) is 11.5 Å². The number of benzene rings is 2. The number of halogens is 2. The van der Waals surface area contributed by atoms with Crippen LogP contribution in [0.1, 0.15) is 19.4 Å². The number of carbonyl (C=O) groups excluding carboxylic acids is 2. The predicted octanol–water partition coefficient (Wildman–Crippen LogP) is 6.03. The molecule has 1 heterocycles. The van der Waals surface area contributed by atoms with E-state index in [1.165, 1.54) is 0 Å². The van der Waals surface area contributed by atoms with Crippen LogP contribution < -0.4 is 14.4 Å². The summed E-state index contributed by atoms with van der Waals surface area (Å²) in [6.07, 6.45) is 1.62. The third kappa shape index (κ3) is 4.29. The molecule has 1 saturated heterocycles. The lowest BCUT2D eigenvalue weighted by molar-refractivity contribution is -0.113. The Balaban J connectivity index is 1.94. The lowest BCUT2D eigenvalue weighted by Gasteiger charge is -2.13. The van der Waals surface area contributed by atoms with Gasteiger partial charge in [0, 0.05) is 5.02 Å². The number of nitrogens with zero attached hydrogens (tertiary/aromatic N) is 1. The van der Waals surface area contributed by atoms with Gasteiger partial charge in [-0.1, -0.05) is 23.2 Å². The van der Waals surface area contributed by atoms with E-state index >= 15 is 0 Å². The number of thioether (sulfide) groups is 1. The quantitative estimate of drug-likeness (QED) is 0.516. The summed E-state index contributed by atoms with van der Waals surface area (Å²) < 4.78 is 11.1. The molecule has 0 aromatic heterocycles. The number of rotatable bonds is 6. The van der Waals surface area contributed by atoms with Gasteiger partial charge in [-0.3, -0.25) is 9.59 Å². The van der Waals surface area contributed by atoms with Crippen molar-refractivity contribution in [2.75, 3.05) is 18.1 Å². The van der Waals surface area contributed by atoms with Gasteiger partial charge in [0.25, 0.3) is 11.1 Å². The maximum Gasteiger partial charge on any atom is 0.298 e. The van der Waals surface area contributed by atoms with Crippen LogP contribution in [0.25, 0.3) is 6.08 Å². The normalized spacial score (nSPS) is 15.4. The Bertz CT molecular complexity index is 944. The van der Waals surface area contributed by atoms with E-state index in [4.69, 9.17) is 32.7 Å². The molecule has 0 radical (unpaired) electrons. The minimum Gasteiger partial charge on any atom is -0.490 e. The molecule has 0 saturated carbocycles. The number of carbonyl (C=O) groups is 2. The van der Waals surface area contributed by atoms with Gasteiger partial charge in [0.15, 0.2) is 11.5 Å². The van der Waals surface area contributed by atoms with Gasteiger partial charge in [0.05, 0.1) is 28.8 Å². The number of amides is 2. The first-order chi connectivity index (χ1) is 13.4. The Labute approximate surface area is 177 Å². The fourth-order valence-corrected chi connectivity index (χ4v) is 3.89. The molecule has 0 atom stereocenters. The van der Waals surface area contributed by atoms with Crippen molar-refractivity contribution in [1.29, 1.82) is 0 Å². The summed E-state index contributed by atoms with van der Waals surface area (Å²) in [4.78, 5) is 26.5. The van der Waals surface area contributed by atoms with Crippen LogP contribution in [-0.2, 0) is 4.79 Å². The van der Waals surface area contributed by atoms with Crippen molar-refractivity contribution in [2.45, 2.75) is 13.8 Å². The predicted molar refractivity (Wildman–Crippen MR) is 114 cm³/mol. The van der Waals surface area contributed by atoms with Crippen molar-refractivity contribution < 1.29 is 19.1 Å². The number of hydrogen-bond donors (Lipinski definition) is 0. The van der Waals surface area contributed by atoms with Crippen molar-refractivity contribution in [3.63, 3.8) is 0 Å². The molecule has 0 bridgehead atoms. The molecule has 2 aromatic carbocycles. The molecule has 0 aliphatic carbocycles. The Morgan fingerprint density at radius 3 is 2.36 bits per heavy atom. The van der Waals surface area contributed by atoms with Crippen LogP contribution in [0.15, 0.2) is 41.3 Å². The van der Waals surface area contributed by atoms with Gasteiger partial charge < -0.3 is 9.47 Å². The maximum absolute atomic E-state index is 12.8. The van der Waals surface area contributed by atoms with Gasteiger partial charge in [-0.05, 0) is 73.6 Å². The highest BCUT2D eigenvalue weighted by molar-refractivity contribution is 8.19. The standard InChI is InChI=1S/C20H17Cl2NO4S/c1-3-26-16-10-12(9-15(22)18(16)27-4-2)11-17-19(24)23(20(25)28-17)14-7-5-13(21)6-8-14/h5-11H,3-4H2,1-2H3/b17-11+. The third-order valence-corrected chi connectivity index (χ3v) is 5.20. The van der Waals surface area contributed by atoms with E-state index in [1.807, 2.05) is 13.8 Å². The molecule has 0 N–H and O–H groups in total. The van der Waals surface area contributed by atoms with Crippen LogP contribution in [0.2, 0.25) is 10.0 Å². The number of imide groups is 1. The molecule has 8 heteroatoms. The second kappa shape index (κ2) is 8.90. The van der Waals surface area contributed by atoms with Crippen LogP contribution in [0, 0.1) is 0 Å². The fourth-order valence-electron chi connectivity index (χ4n) is 2.65. The van der Waals surface area contributed by atoms with Crippen LogP contribution in [0.3, 0.4) is 0 Å². The maximum atomic E-state index is 12.8. The molecule has 28 heavy (non-hydrogen) atoms. The highest BCUT2D eigenvalue weighted by Crippen LogP contribution is 2.40. The molecule has 3 rings (SSSR count). The lowest BCUT2D eigenvalue weighted by atomic mass is 10.1. The van der Waals surface area contributed by atoms with E-state index in [2.05, 4.69) is 0 Å². The summed E-state index contributed by atoms with van der Waals surface area (Å²) in [5.74, 6) is 0.540. The fraction of sp³-hybridized carbons (Fsp3) is 0.200. The second-order valence-electron chi connectivity index (χ2n) is 5.69. The Kier molecular flexibility index (Phi) is 6.54. The highest BCUT2D eigenvalue weighted by Gasteiger charge is 2.36. The zero-order valence-corrected chi connectivity index (χ0v) is 17.5. The number of hydrogen-bond acceptors (Lipinski definition) is 5. The Morgan fingerprint density at radius 2 is 1.71 bits per heavy atom. The first-order valence-electron chi connectivity index (χ1n) is 8.57. The first-order valence-corrected chi connectivity index (χ1v) is 10.1. The Hall–Kier alpha value is -2.15. The molecule has 5 nitrogen and oxygen atoms in total. The number of ether oxygens (including phenoxy) is 2.